The third-order valence-corrected chi connectivity index (χ3v) is 3.30. The molecule has 1 unspecified atom stereocenters. The Balaban J connectivity index is 4.83. The van der Waals surface area contributed by atoms with Crippen molar-refractivity contribution in [2.75, 3.05) is 31.7 Å². The van der Waals surface area contributed by atoms with E-state index in [1.165, 1.54) is 4.90 Å². The summed E-state index contributed by atoms with van der Waals surface area (Å²) in [5, 5.41) is 2.44. The Kier molecular flexibility index (Phi) is 10.5. The molecule has 0 heterocycles. The van der Waals surface area contributed by atoms with Crippen molar-refractivity contribution in [3.8, 4) is 0 Å². The fourth-order valence-corrected chi connectivity index (χ4v) is 2.26. The lowest BCUT2D eigenvalue weighted by atomic mass is 10.2. The summed E-state index contributed by atoms with van der Waals surface area (Å²) in [6.45, 7) is 4.19. The molecule has 0 spiro atoms. The lowest BCUT2D eigenvalue weighted by Gasteiger charge is -2.26. The van der Waals surface area contributed by atoms with Gasteiger partial charge < -0.3 is 20.7 Å². The molecule has 0 bridgehead atoms. The van der Waals surface area contributed by atoms with Crippen LogP contribution in [0.15, 0.2) is 0 Å². The molecule has 0 aromatic carbocycles. The number of nitrogens with two attached hydrogens (primary N) is 1. The van der Waals surface area contributed by atoms with Gasteiger partial charge >= 0.3 is 12.0 Å². The maximum absolute atomic E-state index is 12.5. The molecule has 1 atom stereocenters. The molecule has 3 N–H and O–H groups in total. The second kappa shape index (κ2) is 11.2. The maximum atomic E-state index is 12.5. The summed E-state index contributed by atoms with van der Waals surface area (Å²) in [5.41, 5.74) is 5.11. The average molecular weight is 319 g/mol. The van der Waals surface area contributed by atoms with Gasteiger partial charge in [-0.1, -0.05) is 6.92 Å². The molecule has 0 radical (unpaired) electrons. The molecule has 0 saturated heterocycles. The van der Waals surface area contributed by atoms with Crippen LogP contribution in [0, 0.1) is 0 Å². The number of carbonyl (C=O) groups is 3. The van der Waals surface area contributed by atoms with Gasteiger partial charge in [0.15, 0.2) is 0 Å². The molecule has 0 saturated carbocycles. The average Bonchev–Trinajstić information content (AvgIpc) is 2.42. The monoisotopic (exact) mass is 319 g/mol. The first-order valence-electron chi connectivity index (χ1n) is 6.95. The van der Waals surface area contributed by atoms with E-state index in [1.54, 1.807) is 18.7 Å². The molecule has 0 aliphatic rings. The van der Waals surface area contributed by atoms with Gasteiger partial charge in [0.2, 0.25) is 5.91 Å². The molecule has 122 valence electrons. The van der Waals surface area contributed by atoms with Gasteiger partial charge in [-0.15, -0.1) is 0 Å². The minimum atomic E-state index is -0.748. The molecule has 0 fully saturated rings. The number of thioether (sulfide) groups is 1. The minimum absolute atomic E-state index is 0.114. The van der Waals surface area contributed by atoms with Crippen LogP contribution in [-0.2, 0) is 14.3 Å². The van der Waals surface area contributed by atoms with Crippen LogP contribution in [0.4, 0.5) is 4.79 Å². The highest BCUT2D eigenvalue weighted by Crippen LogP contribution is 2.06. The zero-order valence-corrected chi connectivity index (χ0v) is 13.7. The van der Waals surface area contributed by atoms with Crippen LogP contribution in [-0.4, -0.2) is 60.6 Å². The Bertz CT molecular complexity index is 352. The zero-order valence-electron chi connectivity index (χ0n) is 12.9. The highest BCUT2D eigenvalue weighted by molar-refractivity contribution is 7.98. The maximum Gasteiger partial charge on any atom is 0.325 e. The van der Waals surface area contributed by atoms with Crippen molar-refractivity contribution in [2.24, 2.45) is 5.73 Å². The molecule has 0 aromatic rings. The van der Waals surface area contributed by atoms with E-state index in [0.29, 0.717) is 25.1 Å². The normalized spacial score (nSPS) is 11.6. The Morgan fingerprint density at radius 2 is 2.00 bits per heavy atom. The standard InChI is InChI=1S/C13H25N3O4S/c1-4-7-16(9-11(17)20-5-2)12(18)10(6-8-21-3)15-13(14)19/h10H,4-9H2,1-3H3,(H3,14,15,19). The quantitative estimate of drug-likeness (QED) is 0.573. The van der Waals surface area contributed by atoms with Crippen LogP contribution in [0.3, 0.4) is 0 Å². The van der Waals surface area contributed by atoms with E-state index in [2.05, 4.69) is 5.32 Å². The van der Waals surface area contributed by atoms with E-state index in [1.807, 2.05) is 13.2 Å². The zero-order chi connectivity index (χ0) is 16.3. The van der Waals surface area contributed by atoms with Crippen molar-refractivity contribution in [1.29, 1.82) is 0 Å². The van der Waals surface area contributed by atoms with E-state index < -0.39 is 18.0 Å². The number of ether oxygens (including phenoxy) is 1. The summed E-state index contributed by atoms with van der Waals surface area (Å²) in [4.78, 5) is 36.4. The highest BCUT2D eigenvalue weighted by atomic mass is 32.2. The van der Waals surface area contributed by atoms with Gasteiger partial charge in [0.1, 0.15) is 12.6 Å². The van der Waals surface area contributed by atoms with Gasteiger partial charge in [0.05, 0.1) is 6.61 Å². The van der Waals surface area contributed by atoms with E-state index in [0.717, 1.165) is 0 Å². The minimum Gasteiger partial charge on any atom is -0.465 e. The molecule has 8 heteroatoms. The lowest BCUT2D eigenvalue weighted by molar-refractivity contribution is -0.149. The first-order chi connectivity index (χ1) is 9.96. The van der Waals surface area contributed by atoms with Crippen molar-refractivity contribution in [2.45, 2.75) is 32.7 Å². The number of amides is 3. The Morgan fingerprint density at radius 1 is 1.33 bits per heavy atom. The summed E-state index contributed by atoms with van der Waals surface area (Å²) in [6.07, 6.45) is 3.08. The Labute approximate surface area is 129 Å². The molecular formula is C13H25N3O4S. The van der Waals surface area contributed by atoms with E-state index >= 15 is 0 Å². The molecular weight excluding hydrogens is 294 g/mol. The summed E-state index contributed by atoms with van der Waals surface area (Å²) < 4.78 is 4.86. The summed E-state index contributed by atoms with van der Waals surface area (Å²) >= 11 is 1.57. The number of nitrogens with one attached hydrogen (secondary N) is 1. The predicted molar refractivity (Wildman–Crippen MR) is 83.0 cm³/mol. The first kappa shape index (κ1) is 19.6. The number of hydrogen-bond acceptors (Lipinski definition) is 5. The van der Waals surface area contributed by atoms with E-state index in [-0.39, 0.29) is 19.1 Å². The third kappa shape index (κ3) is 8.44. The Hall–Kier alpha value is -1.44. The summed E-state index contributed by atoms with van der Waals surface area (Å²) in [5.74, 6) is -0.0597. The van der Waals surface area contributed by atoms with Gasteiger partial charge in [0.25, 0.3) is 0 Å². The molecule has 0 aromatic heterocycles. The predicted octanol–water partition coefficient (Wildman–Crippen LogP) is 0.578. The highest BCUT2D eigenvalue weighted by Gasteiger charge is 2.26. The Morgan fingerprint density at radius 3 is 2.48 bits per heavy atom. The van der Waals surface area contributed by atoms with Crippen LogP contribution in [0.25, 0.3) is 0 Å². The van der Waals surface area contributed by atoms with Crippen molar-refractivity contribution in [3.05, 3.63) is 0 Å². The van der Waals surface area contributed by atoms with Crippen molar-refractivity contribution in [3.63, 3.8) is 0 Å². The molecule has 3 amide bonds. The number of primary amides is 1. The van der Waals surface area contributed by atoms with Gasteiger partial charge in [-0.05, 0) is 31.8 Å². The van der Waals surface area contributed by atoms with Gasteiger partial charge in [-0.25, -0.2) is 4.79 Å². The number of carbonyl (C=O) groups excluding carboxylic acids is 3. The molecule has 0 rings (SSSR count). The van der Waals surface area contributed by atoms with Crippen molar-refractivity contribution >= 4 is 29.7 Å². The number of rotatable bonds is 10. The molecule has 0 aliphatic heterocycles. The number of urea groups is 1. The van der Waals surface area contributed by atoms with Crippen LogP contribution in [0.1, 0.15) is 26.7 Å². The van der Waals surface area contributed by atoms with Crippen LogP contribution < -0.4 is 11.1 Å². The topological polar surface area (TPSA) is 102 Å². The molecule has 21 heavy (non-hydrogen) atoms. The lowest BCUT2D eigenvalue weighted by Crippen LogP contribution is -2.51. The fraction of sp³-hybridized carbons (Fsp3) is 0.769. The van der Waals surface area contributed by atoms with Gasteiger partial charge in [0, 0.05) is 6.54 Å². The van der Waals surface area contributed by atoms with Gasteiger partial charge in [-0.3, -0.25) is 9.59 Å². The van der Waals surface area contributed by atoms with Crippen molar-refractivity contribution in [1.82, 2.24) is 10.2 Å². The van der Waals surface area contributed by atoms with E-state index in [9.17, 15) is 14.4 Å². The van der Waals surface area contributed by atoms with Crippen LogP contribution in [0.5, 0.6) is 0 Å². The number of hydrogen-bond donors (Lipinski definition) is 2. The second-order valence-corrected chi connectivity index (χ2v) is 5.39. The summed E-state index contributed by atoms with van der Waals surface area (Å²) in [6, 6.07) is -1.46. The third-order valence-electron chi connectivity index (χ3n) is 2.66. The SMILES string of the molecule is CCCN(CC(=O)OCC)C(=O)C(CCSC)NC(N)=O. The first-order valence-corrected chi connectivity index (χ1v) is 8.34. The smallest absolute Gasteiger partial charge is 0.325 e. The second-order valence-electron chi connectivity index (χ2n) is 4.41. The molecule has 0 aliphatic carbocycles. The van der Waals surface area contributed by atoms with Crippen LogP contribution in [0.2, 0.25) is 0 Å². The fourth-order valence-electron chi connectivity index (χ4n) is 1.78. The number of nitrogens with zero attached hydrogens (tertiary/aromatic N) is 1. The molecule has 7 nitrogen and oxygen atoms in total. The van der Waals surface area contributed by atoms with Gasteiger partial charge in [-0.2, -0.15) is 11.8 Å². The summed E-state index contributed by atoms with van der Waals surface area (Å²) in [7, 11) is 0. The number of esters is 1. The van der Waals surface area contributed by atoms with Crippen LogP contribution >= 0.6 is 11.8 Å². The van der Waals surface area contributed by atoms with Crippen molar-refractivity contribution < 1.29 is 19.1 Å². The largest absolute Gasteiger partial charge is 0.465 e. The van der Waals surface area contributed by atoms with E-state index in [4.69, 9.17) is 10.5 Å².